The smallest absolute Gasteiger partial charge is 0.271 e. The number of fused-ring (bicyclic) bond motifs is 2. The van der Waals surface area contributed by atoms with Gasteiger partial charge in [-0.1, -0.05) is 41.1 Å². The van der Waals surface area contributed by atoms with E-state index in [2.05, 4.69) is 4.90 Å². The molecule has 184 valence electrons. The molecule has 0 aliphatic carbocycles. The van der Waals surface area contributed by atoms with Crippen molar-refractivity contribution in [2.75, 3.05) is 58.5 Å². The number of amides is 1. The summed E-state index contributed by atoms with van der Waals surface area (Å²) in [5.41, 5.74) is 0.681. The fourth-order valence-corrected chi connectivity index (χ4v) is 6.78. The van der Waals surface area contributed by atoms with Gasteiger partial charge in [0.15, 0.2) is 5.13 Å². The summed E-state index contributed by atoms with van der Waals surface area (Å²) in [5.74, 6) is 1.20. The van der Waals surface area contributed by atoms with E-state index >= 15 is 0 Å². The zero-order chi connectivity index (χ0) is 24.4. The summed E-state index contributed by atoms with van der Waals surface area (Å²) in [7, 11) is 3.24. The maximum absolute atomic E-state index is 13.9. The number of hydrogen-bond donors (Lipinski definition) is 0. The first kappa shape index (κ1) is 24.3. The minimum atomic E-state index is -0.143. The van der Waals surface area contributed by atoms with E-state index in [0.29, 0.717) is 38.6 Å². The number of anilines is 1. The first-order valence-corrected chi connectivity index (χ1v) is 13.4. The second kappa shape index (κ2) is 10.7. The fourth-order valence-electron chi connectivity index (χ4n) is 4.23. The Bertz CT molecular complexity index is 1310. The summed E-state index contributed by atoms with van der Waals surface area (Å²) in [5, 5.41) is 1.98. The van der Waals surface area contributed by atoms with Crippen molar-refractivity contribution in [2.24, 2.45) is 0 Å². The number of rotatable bonds is 8. The van der Waals surface area contributed by atoms with Crippen LogP contribution < -0.4 is 14.4 Å². The van der Waals surface area contributed by atoms with Crippen molar-refractivity contribution in [3.63, 3.8) is 0 Å². The molecule has 4 aromatic rings. The second-order valence-corrected chi connectivity index (χ2v) is 10.6. The van der Waals surface area contributed by atoms with Gasteiger partial charge >= 0.3 is 0 Å². The number of aromatic nitrogens is 1. The van der Waals surface area contributed by atoms with Gasteiger partial charge < -0.3 is 14.2 Å². The molecule has 1 aliphatic heterocycles. The minimum Gasteiger partial charge on any atom is -0.495 e. The highest BCUT2D eigenvalue weighted by molar-refractivity contribution is 7.23. The summed E-state index contributed by atoms with van der Waals surface area (Å²) < 4.78 is 18.4. The molecule has 0 bridgehead atoms. The summed E-state index contributed by atoms with van der Waals surface area (Å²) in [6.45, 7) is 4.71. The van der Waals surface area contributed by atoms with E-state index in [1.54, 1.807) is 19.1 Å². The summed E-state index contributed by atoms with van der Waals surface area (Å²) in [6, 6.07) is 11.5. The molecule has 2 aromatic heterocycles. The Morgan fingerprint density at radius 3 is 2.60 bits per heavy atom. The lowest BCUT2D eigenvalue weighted by Gasteiger charge is -2.27. The van der Waals surface area contributed by atoms with Gasteiger partial charge in [0.2, 0.25) is 0 Å². The van der Waals surface area contributed by atoms with Gasteiger partial charge in [0.05, 0.1) is 32.5 Å². The number of halogens is 1. The van der Waals surface area contributed by atoms with Crippen LogP contribution in [0.2, 0.25) is 5.02 Å². The molecule has 10 heteroatoms. The third kappa shape index (κ3) is 4.83. The predicted molar refractivity (Wildman–Crippen MR) is 143 cm³/mol. The zero-order valence-corrected chi connectivity index (χ0v) is 22.0. The molecule has 0 unspecified atom stereocenters. The van der Waals surface area contributed by atoms with Crippen molar-refractivity contribution < 1.29 is 19.0 Å². The van der Waals surface area contributed by atoms with E-state index in [9.17, 15) is 4.79 Å². The van der Waals surface area contributed by atoms with Crippen molar-refractivity contribution in [1.82, 2.24) is 9.88 Å². The summed E-state index contributed by atoms with van der Waals surface area (Å²) >= 11 is 9.54. The van der Waals surface area contributed by atoms with Crippen LogP contribution in [0.15, 0.2) is 36.4 Å². The highest BCUT2D eigenvalue weighted by Crippen LogP contribution is 2.42. The van der Waals surface area contributed by atoms with Crippen LogP contribution in [0.4, 0.5) is 5.13 Å². The molecule has 5 rings (SSSR count). The van der Waals surface area contributed by atoms with E-state index in [0.717, 1.165) is 54.1 Å². The summed E-state index contributed by atoms with van der Waals surface area (Å²) in [4.78, 5) is 23.4. The molecule has 0 N–H and O–H groups in total. The molecule has 1 amide bonds. The third-order valence-corrected chi connectivity index (χ3v) is 8.82. The average Bonchev–Trinajstić information content (AvgIpc) is 3.48. The number of benzene rings is 2. The van der Waals surface area contributed by atoms with E-state index < -0.39 is 0 Å². The van der Waals surface area contributed by atoms with Gasteiger partial charge in [-0.05, 0) is 24.6 Å². The van der Waals surface area contributed by atoms with Gasteiger partial charge in [-0.2, -0.15) is 0 Å². The third-order valence-electron chi connectivity index (χ3n) is 6.06. The molecule has 1 saturated heterocycles. The SMILES string of the molecule is COc1ccc(OC)c2sc(N(CCCN3CCOCC3)C(=O)c3sc4ccccc4c3Cl)nc12. The normalized spacial score (nSPS) is 14.5. The molecule has 1 aliphatic rings. The number of ether oxygens (including phenoxy) is 3. The number of carbonyl (C=O) groups is 1. The Morgan fingerprint density at radius 2 is 1.86 bits per heavy atom. The molecule has 1 fully saturated rings. The maximum atomic E-state index is 13.9. The molecule has 0 spiro atoms. The Morgan fingerprint density at radius 1 is 1.11 bits per heavy atom. The van der Waals surface area contributed by atoms with Crippen LogP contribution >= 0.6 is 34.3 Å². The van der Waals surface area contributed by atoms with Crippen molar-refractivity contribution in [2.45, 2.75) is 6.42 Å². The highest BCUT2D eigenvalue weighted by Gasteiger charge is 2.27. The molecular formula is C25H26ClN3O4S2. The van der Waals surface area contributed by atoms with E-state index in [4.69, 9.17) is 30.8 Å². The number of morpholine rings is 1. The summed E-state index contributed by atoms with van der Waals surface area (Å²) in [6.07, 6.45) is 0.804. The van der Waals surface area contributed by atoms with Gasteiger partial charge in [-0.25, -0.2) is 4.98 Å². The van der Waals surface area contributed by atoms with Crippen LogP contribution in [0.25, 0.3) is 20.3 Å². The van der Waals surface area contributed by atoms with Crippen LogP contribution in [0.1, 0.15) is 16.1 Å². The largest absolute Gasteiger partial charge is 0.495 e. The van der Waals surface area contributed by atoms with Crippen LogP contribution in [0, 0.1) is 0 Å². The molecule has 0 radical (unpaired) electrons. The number of methoxy groups -OCH3 is 2. The molecule has 3 heterocycles. The van der Waals surface area contributed by atoms with Crippen LogP contribution in [-0.4, -0.2) is 69.4 Å². The molecular weight excluding hydrogens is 506 g/mol. The van der Waals surface area contributed by atoms with Crippen LogP contribution in [-0.2, 0) is 4.74 Å². The maximum Gasteiger partial charge on any atom is 0.271 e. The van der Waals surface area contributed by atoms with Gasteiger partial charge in [0.25, 0.3) is 5.91 Å². The van der Waals surface area contributed by atoms with E-state index in [1.165, 1.54) is 22.7 Å². The highest BCUT2D eigenvalue weighted by atomic mass is 35.5. The first-order valence-electron chi connectivity index (χ1n) is 11.4. The van der Waals surface area contributed by atoms with Gasteiger partial charge in [-0.15, -0.1) is 11.3 Å². The Hall–Kier alpha value is -2.43. The molecule has 2 aromatic carbocycles. The monoisotopic (exact) mass is 531 g/mol. The Balaban J connectivity index is 1.51. The van der Waals surface area contributed by atoms with Crippen LogP contribution in [0.3, 0.4) is 0 Å². The second-order valence-electron chi connectivity index (χ2n) is 8.15. The molecule has 0 saturated carbocycles. The molecule has 35 heavy (non-hydrogen) atoms. The zero-order valence-electron chi connectivity index (χ0n) is 19.6. The lowest BCUT2D eigenvalue weighted by molar-refractivity contribution is 0.0376. The number of thiazole rings is 1. The average molecular weight is 532 g/mol. The van der Waals surface area contributed by atoms with Crippen LogP contribution in [0.5, 0.6) is 11.5 Å². The molecule has 0 atom stereocenters. The number of thiophene rings is 1. The van der Waals surface area contributed by atoms with Crippen molar-refractivity contribution in [3.05, 3.63) is 46.3 Å². The molecule has 7 nitrogen and oxygen atoms in total. The van der Waals surface area contributed by atoms with Gasteiger partial charge in [0, 0.05) is 36.3 Å². The minimum absolute atomic E-state index is 0.143. The predicted octanol–water partition coefficient (Wildman–Crippen LogP) is 5.55. The van der Waals surface area contributed by atoms with Crippen molar-refractivity contribution >= 4 is 65.6 Å². The van der Waals surface area contributed by atoms with E-state index in [-0.39, 0.29) is 5.91 Å². The van der Waals surface area contributed by atoms with Gasteiger partial charge in [0.1, 0.15) is 26.6 Å². The Labute approximate surface area is 216 Å². The standard InChI is InChI=1S/C25H26ClN3O4S2/c1-31-17-8-9-18(32-2)22-21(17)27-25(35-22)29(11-5-10-28-12-14-33-15-13-28)24(30)23-20(26)16-6-3-4-7-19(16)34-23/h3-4,6-9H,5,10-15H2,1-2H3. The Kier molecular flexibility index (Phi) is 7.40. The van der Waals surface area contributed by atoms with E-state index in [1.807, 2.05) is 36.4 Å². The van der Waals surface area contributed by atoms with Crippen molar-refractivity contribution in [3.8, 4) is 11.5 Å². The first-order chi connectivity index (χ1) is 17.1. The number of nitrogens with zero attached hydrogens (tertiary/aromatic N) is 3. The topological polar surface area (TPSA) is 64.1 Å². The fraction of sp³-hybridized carbons (Fsp3) is 0.360. The quantitative estimate of drug-likeness (QED) is 0.297. The van der Waals surface area contributed by atoms with Gasteiger partial charge in [-0.3, -0.25) is 14.6 Å². The number of carbonyl (C=O) groups excluding carboxylic acids is 1. The lowest BCUT2D eigenvalue weighted by atomic mass is 10.2. The number of hydrogen-bond acceptors (Lipinski definition) is 8. The lowest BCUT2D eigenvalue weighted by Crippen LogP contribution is -2.39. The van der Waals surface area contributed by atoms with Crippen molar-refractivity contribution in [1.29, 1.82) is 0 Å².